The average molecular weight is 208 g/mol. The third-order valence-corrected chi connectivity index (χ3v) is 2.95. The number of nitrogens with zero attached hydrogens (tertiary/aromatic N) is 2. The van der Waals surface area contributed by atoms with E-state index >= 15 is 0 Å². The minimum Gasteiger partial charge on any atom is -0.394 e. The molecule has 1 atom stereocenters. The second-order valence-electron chi connectivity index (χ2n) is 4.19. The Balaban J connectivity index is 2.04. The summed E-state index contributed by atoms with van der Waals surface area (Å²) in [6.45, 7) is 1.96. The van der Waals surface area contributed by atoms with Gasteiger partial charge >= 0.3 is 0 Å². The second kappa shape index (κ2) is 3.56. The molecule has 1 fully saturated rings. The van der Waals surface area contributed by atoms with E-state index in [9.17, 15) is 4.79 Å². The van der Waals surface area contributed by atoms with Crippen LogP contribution in [-0.2, 0) is 11.8 Å². The Labute approximate surface area is 88.6 Å². The van der Waals surface area contributed by atoms with Crippen molar-refractivity contribution in [3.8, 4) is 0 Å². The number of aryl methyl sites for hydroxylation is 1. The van der Waals surface area contributed by atoms with Crippen LogP contribution in [0.4, 0.5) is 11.5 Å². The normalized spacial score (nSPS) is 17.5. The maximum atomic E-state index is 11.8. The third-order valence-electron chi connectivity index (χ3n) is 2.95. The van der Waals surface area contributed by atoms with Crippen LogP contribution in [0, 0.1) is 11.8 Å². The van der Waals surface area contributed by atoms with E-state index in [0.29, 0.717) is 17.4 Å². The van der Waals surface area contributed by atoms with Crippen LogP contribution in [0.25, 0.3) is 0 Å². The fourth-order valence-electron chi connectivity index (χ4n) is 1.65. The van der Waals surface area contributed by atoms with Crippen molar-refractivity contribution in [2.24, 2.45) is 18.9 Å². The zero-order chi connectivity index (χ0) is 11.0. The van der Waals surface area contributed by atoms with Crippen LogP contribution in [0.3, 0.4) is 0 Å². The third kappa shape index (κ3) is 1.95. The Kier molecular flexibility index (Phi) is 2.38. The smallest absolute Gasteiger partial charge is 0.228 e. The minimum atomic E-state index is 0.0350. The molecule has 2 rings (SSSR count). The van der Waals surface area contributed by atoms with Gasteiger partial charge in [-0.3, -0.25) is 9.48 Å². The molecule has 0 aromatic carbocycles. The van der Waals surface area contributed by atoms with E-state index in [2.05, 4.69) is 10.4 Å². The average Bonchev–Trinajstić information content (AvgIpc) is 3.00. The summed E-state index contributed by atoms with van der Waals surface area (Å²) in [6.07, 6.45) is 3.86. The lowest BCUT2D eigenvalue weighted by Crippen LogP contribution is -2.23. The second-order valence-corrected chi connectivity index (χ2v) is 4.19. The summed E-state index contributed by atoms with van der Waals surface area (Å²) >= 11 is 0. The van der Waals surface area contributed by atoms with Crippen LogP contribution < -0.4 is 11.1 Å². The fourth-order valence-corrected chi connectivity index (χ4v) is 1.65. The molecule has 0 saturated heterocycles. The Bertz CT molecular complexity index is 361. The van der Waals surface area contributed by atoms with Crippen LogP contribution in [0.15, 0.2) is 6.20 Å². The standard InChI is InChI=1S/C10H16N4O/c1-6(7-3-4-7)10(15)13-9-8(11)5-12-14(9)2/h5-7H,3-4,11H2,1-2H3,(H,13,15). The van der Waals surface area contributed by atoms with Gasteiger partial charge in [-0.15, -0.1) is 0 Å². The molecule has 1 aromatic heterocycles. The maximum absolute atomic E-state index is 11.8. The molecule has 3 N–H and O–H groups in total. The highest BCUT2D eigenvalue weighted by molar-refractivity contribution is 5.94. The number of carbonyl (C=O) groups is 1. The van der Waals surface area contributed by atoms with E-state index < -0.39 is 0 Å². The van der Waals surface area contributed by atoms with E-state index in [1.165, 1.54) is 6.20 Å². The number of rotatable bonds is 3. The molecular formula is C10H16N4O. The molecule has 82 valence electrons. The van der Waals surface area contributed by atoms with Gasteiger partial charge in [0.2, 0.25) is 5.91 Å². The van der Waals surface area contributed by atoms with Gasteiger partial charge in [0.1, 0.15) is 0 Å². The molecule has 0 radical (unpaired) electrons. The quantitative estimate of drug-likeness (QED) is 0.777. The largest absolute Gasteiger partial charge is 0.394 e. The fraction of sp³-hybridized carbons (Fsp3) is 0.600. The van der Waals surface area contributed by atoms with E-state index in [1.807, 2.05) is 6.92 Å². The van der Waals surface area contributed by atoms with Crippen LogP contribution in [0.5, 0.6) is 0 Å². The van der Waals surface area contributed by atoms with Crippen LogP contribution in [0.2, 0.25) is 0 Å². The van der Waals surface area contributed by atoms with Crippen molar-refractivity contribution in [3.05, 3.63) is 6.20 Å². The van der Waals surface area contributed by atoms with Crippen molar-refractivity contribution in [1.82, 2.24) is 9.78 Å². The first-order valence-corrected chi connectivity index (χ1v) is 5.18. The number of amides is 1. The molecule has 0 bridgehead atoms. The number of nitrogens with two attached hydrogens (primary N) is 1. The monoisotopic (exact) mass is 208 g/mol. The number of hydrogen-bond donors (Lipinski definition) is 2. The zero-order valence-corrected chi connectivity index (χ0v) is 9.03. The molecule has 1 aromatic rings. The molecule has 5 heteroatoms. The molecule has 0 aliphatic heterocycles. The van der Waals surface area contributed by atoms with Gasteiger partial charge in [-0.2, -0.15) is 5.10 Å². The number of anilines is 2. The van der Waals surface area contributed by atoms with E-state index in [-0.39, 0.29) is 11.8 Å². The highest BCUT2D eigenvalue weighted by atomic mass is 16.2. The van der Waals surface area contributed by atoms with Gasteiger partial charge in [0.15, 0.2) is 5.82 Å². The Morgan fingerprint density at radius 3 is 2.87 bits per heavy atom. The van der Waals surface area contributed by atoms with Gasteiger partial charge in [-0.25, -0.2) is 0 Å². The Hall–Kier alpha value is -1.52. The van der Waals surface area contributed by atoms with Crippen molar-refractivity contribution in [1.29, 1.82) is 0 Å². The first-order chi connectivity index (χ1) is 7.09. The molecule has 1 unspecified atom stereocenters. The lowest BCUT2D eigenvalue weighted by Gasteiger charge is -2.11. The molecule has 0 spiro atoms. The molecule has 1 aliphatic rings. The summed E-state index contributed by atoms with van der Waals surface area (Å²) < 4.78 is 1.58. The van der Waals surface area contributed by atoms with Crippen molar-refractivity contribution < 1.29 is 4.79 Å². The van der Waals surface area contributed by atoms with E-state index in [0.717, 1.165) is 12.8 Å². The predicted octanol–water partition coefficient (Wildman–Crippen LogP) is 0.987. The van der Waals surface area contributed by atoms with Crippen LogP contribution >= 0.6 is 0 Å². The summed E-state index contributed by atoms with van der Waals surface area (Å²) in [5, 5.41) is 6.78. The SMILES string of the molecule is CC(C(=O)Nc1c(N)cnn1C)C1CC1. The molecule has 1 heterocycles. The molecule has 1 aliphatic carbocycles. The predicted molar refractivity (Wildman–Crippen MR) is 58.1 cm³/mol. The number of nitrogen functional groups attached to an aromatic ring is 1. The summed E-state index contributed by atoms with van der Waals surface area (Å²) in [6, 6.07) is 0. The molecule has 1 saturated carbocycles. The molecule has 5 nitrogen and oxygen atoms in total. The number of hydrogen-bond acceptors (Lipinski definition) is 3. The van der Waals surface area contributed by atoms with Crippen molar-refractivity contribution in [2.45, 2.75) is 19.8 Å². The zero-order valence-electron chi connectivity index (χ0n) is 9.03. The summed E-state index contributed by atoms with van der Waals surface area (Å²) in [4.78, 5) is 11.8. The van der Waals surface area contributed by atoms with Gasteiger partial charge in [-0.1, -0.05) is 6.92 Å². The van der Waals surface area contributed by atoms with Gasteiger partial charge < -0.3 is 11.1 Å². The van der Waals surface area contributed by atoms with E-state index in [4.69, 9.17) is 5.73 Å². The summed E-state index contributed by atoms with van der Waals surface area (Å²) in [7, 11) is 1.76. The lowest BCUT2D eigenvalue weighted by molar-refractivity contribution is -0.120. The lowest BCUT2D eigenvalue weighted by atomic mass is 10.1. The molecular weight excluding hydrogens is 192 g/mol. The van der Waals surface area contributed by atoms with Crippen LogP contribution in [-0.4, -0.2) is 15.7 Å². The summed E-state index contributed by atoms with van der Waals surface area (Å²) in [5.41, 5.74) is 6.19. The van der Waals surface area contributed by atoms with Crippen molar-refractivity contribution >= 4 is 17.4 Å². The van der Waals surface area contributed by atoms with Gasteiger partial charge in [0, 0.05) is 13.0 Å². The number of carbonyl (C=O) groups excluding carboxylic acids is 1. The number of aromatic nitrogens is 2. The first-order valence-electron chi connectivity index (χ1n) is 5.18. The Morgan fingerprint density at radius 2 is 2.40 bits per heavy atom. The molecule has 1 amide bonds. The maximum Gasteiger partial charge on any atom is 0.228 e. The van der Waals surface area contributed by atoms with Crippen LogP contribution in [0.1, 0.15) is 19.8 Å². The first kappa shape index (κ1) is 10.0. The van der Waals surface area contributed by atoms with Gasteiger partial charge in [0.05, 0.1) is 11.9 Å². The number of nitrogens with one attached hydrogen (secondary N) is 1. The van der Waals surface area contributed by atoms with Gasteiger partial charge in [-0.05, 0) is 18.8 Å². The highest BCUT2D eigenvalue weighted by Gasteiger charge is 2.33. The van der Waals surface area contributed by atoms with Crippen molar-refractivity contribution in [2.75, 3.05) is 11.1 Å². The van der Waals surface area contributed by atoms with Gasteiger partial charge in [0.25, 0.3) is 0 Å². The topological polar surface area (TPSA) is 72.9 Å². The minimum absolute atomic E-state index is 0.0350. The van der Waals surface area contributed by atoms with Crippen molar-refractivity contribution in [3.63, 3.8) is 0 Å². The Morgan fingerprint density at radius 1 is 1.73 bits per heavy atom. The molecule has 15 heavy (non-hydrogen) atoms. The summed E-state index contributed by atoms with van der Waals surface area (Å²) in [5.74, 6) is 1.25. The highest BCUT2D eigenvalue weighted by Crippen LogP contribution is 2.37. The van der Waals surface area contributed by atoms with E-state index in [1.54, 1.807) is 11.7 Å².